The first kappa shape index (κ1) is 12.9. The Morgan fingerprint density at radius 3 is 2.94 bits per heavy atom. The summed E-state index contributed by atoms with van der Waals surface area (Å²) in [6, 6.07) is -0.0151. The maximum atomic E-state index is 11.3. The van der Waals surface area contributed by atoms with Crippen molar-refractivity contribution in [1.82, 2.24) is 20.1 Å². The Morgan fingerprint density at radius 1 is 1.61 bits per heavy atom. The van der Waals surface area contributed by atoms with Crippen molar-refractivity contribution in [3.8, 4) is 0 Å². The van der Waals surface area contributed by atoms with Crippen LogP contribution >= 0.6 is 11.8 Å². The topological polar surface area (TPSA) is 97.1 Å². The molecule has 0 bridgehead atoms. The molecule has 8 heteroatoms. The van der Waals surface area contributed by atoms with Gasteiger partial charge < -0.3 is 15.0 Å². The lowest BCUT2D eigenvalue weighted by atomic mass is 10.2. The second-order valence-electron chi connectivity index (χ2n) is 3.97. The molecule has 2 heterocycles. The quantitative estimate of drug-likeness (QED) is 0.735. The zero-order chi connectivity index (χ0) is 13.1. The Labute approximate surface area is 108 Å². The molecule has 1 amide bonds. The van der Waals surface area contributed by atoms with Crippen molar-refractivity contribution in [3.63, 3.8) is 0 Å². The summed E-state index contributed by atoms with van der Waals surface area (Å²) >= 11 is 1.13. The SMILES string of the molecule is CCc1nnc(SCC(=O)O)n1C1CNC(=O)C1. The van der Waals surface area contributed by atoms with Crippen LogP contribution in [0, 0.1) is 0 Å². The van der Waals surface area contributed by atoms with E-state index in [1.165, 1.54) is 0 Å². The van der Waals surface area contributed by atoms with E-state index < -0.39 is 5.97 Å². The minimum atomic E-state index is -0.895. The minimum Gasteiger partial charge on any atom is -0.481 e. The Kier molecular flexibility index (Phi) is 3.85. The molecular weight excluding hydrogens is 256 g/mol. The summed E-state index contributed by atoms with van der Waals surface area (Å²) in [5.41, 5.74) is 0. The van der Waals surface area contributed by atoms with Crippen molar-refractivity contribution in [1.29, 1.82) is 0 Å². The van der Waals surface area contributed by atoms with E-state index in [0.717, 1.165) is 17.6 Å². The maximum absolute atomic E-state index is 11.3. The molecule has 1 fully saturated rings. The smallest absolute Gasteiger partial charge is 0.313 e. The molecule has 1 aliphatic heterocycles. The Hall–Kier alpha value is -1.57. The number of carbonyl (C=O) groups is 2. The predicted molar refractivity (Wildman–Crippen MR) is 64.4 cm³/mol. The van der Waals surface area contributed by atoms with E-state index in [0.29, 0.717) is 24.5 Å². The number of carboxylic acids is 1. The van der Waals surface area contributed by atoms with Crippen molar-refractivity contribution in [2.45, 2.75) is 31.0 Å². The number of aliphatic carboxylic acids is 1. The fourth-order valence-corrected chi connectivity index (χ4v) is 2.66. The van der Waals surface area contributed by atoms with E-state index in [9.17, 15) is 9.59 Å². The van der Waals surface area contributed by atoms with Gasteiger partial charge in [0, 0.05) is 19.4 Å². The van der Waals surface area contributed by atoms with Gasteiger partial charge in [-0.25, -0.2) is 0 Å². The van der Waals surface area contributed by atoms with E-state index in [1.54, 1.807) is 0 Å². The first-order valence-electron chi connectivity index (χ1n) is 5.67. The van der Waals surface area contributed by atoms with E-state index >= 15 is 0 Å². The van der Waals surface area contributed by atoms with Gasteiger partial charge in [0.15, 0.2) is 5.16 Å². The van der Waals surface area contributed by atoms with Crippen LogP contribution in [0.5, 0.6) is 0 Å². The van der Waals surface area contributed by atoms with Crippen LogP contribution < -0.4 is 5.32 Å². The Bertz CT molecular complexity index is 474. The van der Waals surface area contributed by atoms with Gasteiger partial charge >= 0.3 is 5.97 Å². The molecule has 1 aromatic rings. The van der Waals surface area contributed by atoms with Crippen molar-refractivity contribution < 1.29 is 14.7 Å². The molecule has 1 saturated heterocycles. The summed E-state index contributed by atoms with van der Waals surface area (Å²) in [4.78, 5) is 21.8. The van der Waals surface area contributed by atoms with Crippen LogP contribution in [-0.2, 0) is 16.0 Å². The van der Waals surface area contributed by atoms with Crippen molar-refractivity contribution in [2.75, 3.05) is 12.3 Å². The molecule has 2 N–H and O–H groups in total. The summed E-state index contributed by atoms with van der Waals surface area (Å²) in [5.74, 6) is -0.168. The molecular formula is C10H14N4O3S. The molecule has 0 aliphatic carbocycles. The monoisotopic (exact) mass is 270 g/mol. The normalized spacial score (nSPS) is 18.9. The third-order valence-electron chi connectivity index (χ3n) is 2.70. The standard InChI is InChI=1S/C10H14N4O3S/c1-2-7-12-13-10(18-5-9(16)17)14(7)6-3-8(15)11-4-6/h6H,2-5H2,1H3,(H,11,15)(H,16,17). The van der Waals surface area contributed by atoms with Gasteiger partial charge in [-0.2, -0.15) is 0 Å². The maximum Gasteiger partial charge on any atom is 0.313 e. The summed E-state index contributed by atoms with van der Waals surface area (Å²) in [5, 5.41) is 20.1. The van der Waals surface area contributed by atoms with Gasteiger partial charge in [-0.3, -0.25) is 9.59 Å². The lowest BCUT2D eigenvalue weighted by molar-refractivity contribution is -0.134. The number of rotatable bonds is 5. The van der Waals surface area contributed by atoms with E-state index in [1.807, 2.05) is 11.5 Å². The number of nitrogens with zero attached hydrogens (tertiary/aromatic N) is 3. The van der Waals surface area contributed by atoms with Crippen LogP contribution in [0.3, 0.4) is 0 Å². The van der Waals surface area contributed by atoms with Crippen LogP contribution in [0.4, 0.5) is 0 Å². The number of hydrogen-bond acceptors (Lipinski definition) is 5. The number of aromatic nitrogens is 3. The number of carboxylic acid groups (broad SMARTS) is 1. The highest BCUT2D eigenvalue weighted by Crippen LogP contribution is 2.25. The molecule has 7 nitrogen and oxygen atoms in total. The predicted octanol–water partition coefficient (Wildman–Crippen LogP) is 0.0782. The van der Waals surface area contributed by atoms with Crippen LogP contribution in [0.25, 0.3) is 0 Å². The molecule has 1 unspecified atom stereocenters. The minimum absolute atomic E-state index is 0.00457. The second-order valence-corrected chi connectivity index (χ2v) is 4.91. The molecule has 0 radical (unpaired) electrons. The summed E-state index contributed by atoms with van der Waals surface area (Å²) < 4.78 is 1.88. The van der Waals surface area contributed by atoms with Gasteiger partial charge in [0.1, 0.15) is 5.82 Å². The van der Waals surface area contributed by atoms with Crippen LogP contribution in [0.15, 0.2) is 5.16 Å². The number of hydrogen-bond donors (Lipinski definition) is 2. The van der Waals surface area contributed by atoms with Crippen molar-refractivity contribution in [3.05, 3.63) is 5.82 Å². The molecule has 1 atom stereocenters. The largest absolute Gasteiger partial charge is 0.481 e. The van der Waals surface area contributed by atoms with Gasteiger partial charge in [-0.1, -0.05) is 18.7 Å². The molecule has 0 spiro atoms. The number of amides is 1. The number of thioether (sulfide) groups is 1. The second kappa shape index (κ2) is 5.38. The van der Waals surface area contributed by atoms with E-state index in [4.69, 9.17) is 5.11 Å². The van der Waals surface area contributed by atoms with Gasteiger partial charge in [0.2, 0.25) is 5.91 Å². The lowest BCUT2D eigenvalue weighted by Crippen LogP contribution is -2.17. The average Bonchev–Trinajstić information content (AvgIpc) is 2.91. The van der Waals surface area contributed by atoms with Crippen LogP contribution in [0.2, 0.25) is 0 Å². The Balaban J connectivity index is 2.22. The number of carbonyl (C=O) groups excluding carboxylic acids is 1. The van der Waals surface area contributed by atoms with Gasteiger partial charge in [-0.05, 0) is 0 Å². The fourth-order valence-electron chi connectivity index (χ4n) is 1.91. The third kappa shape index (κ3) is 2.63. The molecule has 1 aliphatic rings. The fraction of sp³-hybridized carbons (Fsp3) is 0.600. The van der Waals surface area contributed by atoms with E-state index in [2.05, 4.69) is 15.5 Å². The van der Waals surface area contributed by atoms with Crippen LogP contribution in [-0.4, -0.2) is 44.0 Å². The number of aryl methyl sites for hydroxylation is 1. The molecule has 18 heavy (non-hydrogen) atoms. The highest BCUT2D eigenvalue weighted by molar-refractivity contribution is 7.99. The van der Waals surface area contributed by atoms with Crippen LogP contribution in [0.1, 0.15) is 25.2 Å². The molecule has 98 valence electrons. The average molecular weight is 270 g/mol. The summed E-state index contributed by atoms with van der Waals surface area (Å²) in [6.45, 7) is 2.50. The van der Waals surface area contributed by atoms with Crippen molar-refractivity contribution >= 4 is 23.6 Å². The summed E-state index contributed by atoms with van der Waals surface area (Å²) in [7, 11) is 0. The van der Waals surface area contributed by atoms with Gasteiger partial charge in [-0.15, -0.1) is 10.2 Å². The van der Waals surface area contributed by atoms with Gasteiger partial charge in [0.05, 0.1) is 11.8 Å². The first-order chi connectivity index (χ1) is 8.61. The number of nitrogens with one attached hydrogen (secondary N) is 1. The first-order valence-corrected chi connectivity index (χ1v) is 6.65. The zero-order valence-corrected chi connectivity index (χ0v) is 10.7. The Morgan fingerprint density at radius 2 is 2.39 bits per heavy atom. The van der Waals surface area contributed by atoms with Crippen molar-refractivity contribution in [2.24, 2.45) is 0 Å². The molecule has 2 rings (SSSR count). The lowest BCUT2D eigenvalue weighted by Gasteiger charge is -2.14. The van der Waals surface area contributed by atoms with Gasteiger partial charge in [0.25, 0.3) is 0 Å². The third-order valence-corrected chi connectivity index (χ3v) is 3.62. The zero-order valence-electron chi connectivity index (χ0n) is 9.92. The molecule has 1 aromatic heterocycles. The summed E-state index contributed by atoms with van der Waals surface area (Å²) in [6.07, 6.45) is 1.09. The molecule has 0 aromatic carbocycles. The molecule has 0 saturated carbocycles. The highest BCUT2D eigenvalue weighted by atomic mass is 32.2. The van der Waals surface area contributed by atoms with E-state index in [-0.39, 0.29) is 17.7 Å². The highest BCUT2D eigenvalue weighted by Gasteiger charge is 2.27.